The normalized spacial score (nSPS) is 12.3. The van der Waals surface area contributed by atoms with Crippen molar-refractivity contribution in [3.8, 4) is 0 Å². The number of benzene rings is 1. The number of hydrogen-bond acceptors (Lipinski definition) is 8. The Labute approximate surface area is 208 Å². The van der Waals surface area contributed by atoms with Crippen molar-refractivity contribution in [1.82, 2.24) is 0 Å². The van der Waals surface area contributed by atoms with Crippen LogP contribution in [0.1, 0.15) is 71.3 Å². The van der Waals surface area contributed by atoms with E-state index in [9.17, 15) is 19.5 Å². The summed E-state index contributed by atoms with van der Waals surface area (Å²) in [5.74, 6) is -3.64. The number of allylic oxidation sites excluding steroid dienone is 1. The molecule has 0 saturated heterocycles. The summed E-state index contributed by atoms with van der Waals surface area (Å²) in [5.41, 5.74) is -1.74. The van der Waals surface area contributed by atoms with Crippen LogP contribution in [0.25, 0.3) is 6.08 Å². The molecule has 0 spiro atoms. The Bertz CT molecular complexity index is 757. The molecular weight excluding hydrogens is 452 g/mol. The maximum atomic E-state index is 12.5. The molecule has 196 valence electrons. The van der Waals surface area contributed by atoms with E-state index in [1.54, 1.807) is 6.92 Å². The Morgan fingerprint density at radius 3 is 1.94 bits per heavy atom. The highest BCUT2D eigenvalue weighted by molar-refractivity contribution is 6.08. The fourth-order valence-electron chi connectivity index (χ4n) is 3.41. The molecule has 0 saturated carbocycles. The molecule has 0 bridgehead atoms. The monoisotopic (exact) mass is 492 g/mol. The molecule has 1 atom stereocenters. The molecule has 8 heteroatoms. The standard InChI is InChI=1S/C27H40O8/c1-4-32-24(28)23(27(31,25(29)33-5-2)26(30)34-6-3)35-21-17-12-10-8-7-9-11-14-18-22-19-15-13-16-20-22/h13-16,18-20,23,31H,4-12,17,21H2,1-3H3. The fourth-order valence-corrected chi connectivity index (χ4v) is 3.41. The van der Waals surface area contributed by atoms with Crippen molar-refractivity contribution in [2.24, 2.45) is 0 Å². The van der Waals surface area contributed by atoms with Gasteiger partial charge in [0.05, 0.1) is 19.8 Å². The minimum atomic E-state index is -2.94. The van der Waals surface area contributed by atoms with Gasteiger partial charge in [-0.15, -0.1) is 0 Å². The Kier molecular flexibility index (Phi) is 15.3. The maximum Gasteiger partial charge on any atom is 0.353 e. The molecule has 35 heavy (non-hydrogen) atoms. The highest BCUT2D eigenvalue weighted by atomic mass is 16.6. The minimum absolute atomic E-state index is 0.0129. The quantitative estimate of drug-likeness (QED) is 0.140. The van der Waals surface area contributed by atoms with Gasteiger partial charge >= 0.3 is 17.9 Å². The van der Waals surface area contributed by atoms with E-state index in [-0.39, 0.29) is 26.4 Å². The SMILES string of the molecule is CCOC(=O)C(OCCCCCCCCC=Cc1ccccc1)C(O)(C(=O)OCC)C(=O)OCC. The van der Waals surface area contributed by atoms with Crippen LogP contribution in [0.2, 0.25) is 0 Å². The third-order valence-electron chi connectivity index (χ3n) is 5.21. The predicted molar refractivity (Wildman–Crippen MR) is 132 cm³/mol. The summed E-state index contributed by atoms with van der Waals surface area (Å²) in [5, 5.41) is 10.9. The second-order valence-electron chi connectivity index (χ2n) is 7.93. The van der Waals surface area contributed by atoms with Gasteiger partial charge in [-0.3, -0.25) is 0 Å². The lowest BCUT2D eigenvalue weighted by Crippen LogP contribution is -2.61. The van der Waals surface area contributed by atoms with Crippen LogP contribution in [0.3, 0.4) is 0 Å². The van der Waals surface area contributed by atoms with E-state index in [0.717, 1.165) is 38.5 Å². The molecule has 1 unspecified atom stereocenters. The smallest absolute Gasteiger partial charge is 0.353 e. The van der Waals surface area contributed by atoms with Crippen LogP contribution in [0, 0.1) is 0 Å². The summed E-state index contributed by atoms with van der Waals surface area (Å²) in [6.45, 7) is 4.45. The Morgan fingerprint density at radius 1 is 0.829 bits per heavy atom. The third kappa shape index (κ3) is 10.6. The van der Waals surface area contributed by atoms with Crippen molar-refractivity contribution in [3.05, 3.63) is 42.0 Å². The summed E-state index contributed by atoms with van der Waals surface area (Å²) < 4.78 is 20.1. The maximum absolute atomic E-state index is 12.5. The van der Waals surface area contributed by atoms with E-state index in [1.165, 1.54) is 19.4 Å². The first-order chi connectivity index (χ1) is 16.9. The van der Waals surface area contributed by atoms with Crippen LogP contribution in [-0.2, 0) is 33.3 Å². The Hall–Kier alpha value is -2.71. The molecule has 0 fully saturated rings. The number of hydrogen-bond donors (Lipinski definition) is 1. The minimum Gasteiger partial charge on any atom is -0.464 e. The fraction of sp³-hybridized carbons (Fsp3) is 0.593. The lowest BCUT2D eigenvalue weighted by molar-refractivity contribution is -0.208. The number of aliphatic hydroxyl groups is 1. The number of carbonyl (C=O) groups is 3. The molecule has 0 aliphatic carbocycles. The average Bonchev–Trinajstić information content (AvgIpc) is 2.85. The molecule has 8 nitrogen and oxygen atoms in total. The van der Waals surface area contributed by atoms with Crippen LogP contribution < -0.4 is 0 Å². The molecule has 0 aromatic heterocycles. The van der Waals surface area contributed by atoms with Crippen molar-refractivity contribution in [3.63, 3.8) is 0 Å². The number of unbranched alkanes of at least 4 members (excludes halogenated alkanes) is 6. The number of esters is 3. The Balaban J connectivity index is 2.48. The first kappa shape index (κ1) is 30.3. The van der Waals surface area contributed by atoms with E-state index < -0.39 is 29.6 Å². The number of ether oxygens (including phenoxy) is 4. The lowest BCUT2D eigenvalue weighted by atomic mass is 9.96. The zero-order valence-electron chi connectivity index (χ0n) is 21.2. The molecule has 0 aliphatic heterocycles. The second kappa shape index (κ2) is 17.7. The molecule has 1 N–H and O–H groups in total. The first-order valence-corrected chi connectivity index (χ1v) is 12.5. The van der Waals surface area contributed by atoms with Gasteiger partial charge in [0, 0.05) is 6.61 Å². The summed E-state index contributed by atoms with van der Waals surface area (Å²) in [4.78, 5) is 37.3. The van der Waals surface area contributed by atoms with Gasteiger partial charge < -0.3 is 24.1 Å². The Morgan fingerprint density at radius 2 is 1.37 bits per heavy atom. The second-order valence-corrected chi connectivity index (χ2v) is 7.93. The van der Waals surface area contributed by atoms with Crippen LogP contribution in [0.5, 0.6) is 0 Å². The van der Waals surface area contributed by atoms with Crippen LogP contribution in [0.15, 0.2) is 36.4 Å². The van der Waals surface area contributed by atoms with Gasteiger partial charge in [0.2, 0.25) is 6.10 Å². The molecule has 0 amide bonds. The van der Waals surface area contributed by atoms with Crippen molar-refractivity contribution >= 4 is 24.0 Å². The summed E-state index contributed by atoms with van der Waals surface area (Å²) in [7, 11) is 0. The van der Waals surface area contributed by atoms with Crippen molar-refractivity contribution < 1.29 is 38.4 Å². The van der Waals surface area contributed by atoms with E-state index in [1.807, 2.05) is 18.2 Å². The van der Waals surface area contributed by atoms with Gasteiger partial charge in [0.1, 0.15) is 0 Å². The summed E-state index contributed by atoms with van der Waals surface area (Å²) in [6.07, 6.45) is 9.16. The van der Waals surface area contributed by atoms with E-state index in [2.05, 4.69) is 24.3 Å². The van der Waals surface area contributed by atoms with Gasteiger partial charge in [-0.2, -0.15) is 0 Å². The van der Waals surface area contributed by atoms with Crippen molar-refractivity contribution in [2.45, 2.75) is 77.4 Å². The lowest BCUT2D eigenvalue weighted by Gasteiger charge is -2.30. The van der Waals surface area contributed by atoms with Crippen LogP contribution >= 0.6 is 0 Å². The van der Waals surface area contributed by atoms with Gasteiger partial charge in [0.25, 0.3) is 5.60 Å². The van der Waals surface area contributed by atoms with Crippen molar-refractivity contribution in [1.29, 1.82) is 0 Å². The zero-order valence-corrected chi connectivity index (χ0v) is 21.2. The number of rotatable bonds is 18. The summed E-state index contributed by atoms with van der Waals surface area (Å²) in [6, 6.07) is 10.2. The average molecular weight is 493 g/mol. The van der Waals surface area contributed by atoms with E-state index in [0.29, 0.717) is 6.42 Å². The third-order valence-corrected chi connectivity index (χ3v) is 5.21. The van der Waals surface area contributed by atoms with E-state index in [4.69, 9.17) is 18.9 Å². The van der Waals surface area contributed by atoms with E-state index >= 15 is 0 Å². The highest BCUT2D eigenvalue weighted by Crippen LogP contribution is 2.22. The number of carbonyl (C=O) groups excluding carboxylic acids is 3. The molecule has 0 heterocycles. The van der Waals surface area contributed by atoms with Gasteiger partial charge in [-0.25, -0.2) is 14.4 Å². The van der Waals surface area contributed by atoms with Gasteiger partial charge in [-0.1, -0.05) is 68.2 Å². The van der Waals surface area contributed by atoms with Gasteiger partial charge in [-0.05, 0) is 45.6 Å². The largest absolute Gasteiger partial charge is 0.464 e. The zero-order chi connectivity index (χ0) is 25.9. The summed E-state index contributed by atoms with van der Waals surface area (Å²) >= 11 is 0. The molecule has 1 rings (SSSR count). The topological polar surface area (TPSA) is 108 Å². The molecule has 1 aromatic carbocycles. The first-order valence-electron chi connectivity index (χ1n) is 12.5. The van der Waals surface area contributed by atoms with Crippen molar-refractivity contribution in [2.75, 3.05) is 26.4 Å². The van der Waals surface area contributed by atoms with Crippen LogP contribution in [0.4, 0.5) is 0 Å². The molecule has 0 aliphatic rings. The predicted octanol–water partition coefficient (Wildman–Crippen LogP) is 4.24. The van der Waals surface area contributed by atoms with Gasteiger partial charge in [0.15, 0.2) is 0 Å². The highest BCUT2D eigenvalue weighted by Gasteiger charge is 2.58. The molecule has 0 radical (unpaired) electrons. The molecule has 1 aromatic rings. The van der Waals surface area contributed by atoms with Crippen LogP contribution in [-0.4, -0.2) is 61.1 Å². The molecular formula is C27H40O8.